The summed E-state index contributed by atoms with van der Waals surface area (Å²) in [5, 5.41) is 3.73. The van der Waals surface area contributed by atoms with E-state index in [0.717, 1.165) is 31.7 Å². The topological polar surface area (TPSA) is 24.5 Å². The highest BCUT2D eigenvalue weighted by Gasteiger charge is 2.24. The lowest BCUT2D eigenvalue weighted by Gasteiger charge is -2.32. The Kier molecular flexibility index (Phi) is 5.93. The monoisotopic (exact) mass is 254 g/mol. The lowest BCUT2D eigenvalue weighted by Crippen LogP contribution is -2.44. The predicted molar refractivity (Wildman–Crippen MR) is 75.8 cm³/mol. The molecule has 2 rings (SSSR count). The van der Waals surface area contributed by atoms with Crippen LogP contribution in [0.5, 0.6) is 0 Å². The largest absolute Gasteiger partial charge is 0.380 e. The van der Waals surface area contributed by atoms with Crippen LogP contribution in [0.4, 0.5) is 0 Å². The van der Waals surface area contributed by atoms with E-state index in [0.29, 0.717) is 5.92 Å². The van der Waals surface area contributed by atoms with Crippen LogP contribution in [-0.4, -0.2) is 50.3 Å². The van der Waals surface area contributed by atoms with Crippen molar-refractivity contribution in [2.75, 3.05) is 39.4 Å². The fourth-order valence-electron chi connectivity index (χ4n) is 2.53. The molecule has 2 fully saturated rings. The van der Waals surface area contributed by atoms with Gasteiger partial charge in [-0.05, 0) is 57.2 Å². The number of hydrogen-bond acceptors (Lipinski definition) is 3. The molecule has 0 radical (unpaired) electrons. The van der Waals surface area contributed by atoms with Gasteiger partial charge in [-0.1, -0.05) is 13.8 Å². The molecule has 2 aliphatic rings. The molecule has 0 amide bonds. The molecule has 0 atom stereocenters. The Labute approximate surface area is 112 Å². The summed E-state index contributed by atoms with van der Waals surface area (Å²) < 4.78 is 5.65. The average Bonchev–Trinajstić information content (AvgIpc) is 3.17. The first-order valence-corrected chi connectivity index (χ1v) is 7.77. The first kappa shape index (κ1) is 14.3. The van der Waals surface area contributed by atoms with Crippen molar-refractivity contribution < 1.29 is 4.74 Å². The van der Waals surface area contributed by atoms with Gasteiger partial charge in [0.05, 0.1) is 6.61 Å². The van der Waals surface area contributed by atoms with Gasteiger partial charge in [-0.3, -0.25) is 0 Å². The van der Waals surface area contributed by atoms with Crippen molar-refractivity contribution in [1.29, 1.82) is 0 Å². The predicted octanol–water partition coefficient (Wildman–Crippen LogP) is 2.12. The maximum atomic E-state index is 5.65. The van der Waals surface area contributed by atoms with Gasteiger partial charge >= 0.3 is 0 Å². The smallest absolute Gasteiger partial charge is 0.0593 e. The Morgan fingerprint density at radius 2 is 1.89 bits per heavy atom. The third-order valence-electron chi connectivity index (χ3n) is 3.98. The van der Waals surface area contributed by atoms with Crippen molar-refractivity contribution >= 4 is 0 Å². The first-order chi connectivity index (χ1) is 8.74. The summed E-state index contributed by atoms with van der Waals surface area (Å²) >= 11 is 0. The van der Waals surface area contributed by atoms with E-state index < -0.39 is 0 Å². The molecule has 0 bridgehead atoms. The fourth-order valence-corrected chi connectivity index (χ4v) is 2.53. The Balaban J connectivity index is 1.47. The molecule has 1 aliphatic carbocycles. The number of nitrogens with one attached hydrogen (secondary N) is 1. The maximum absolute atomic E-state index is 5.65. The van der Waals surface area contributed by atoms with E-state index in [1.807, 2.05) is 0 Å². The molecule has 1 saturated heterocycles. The second kappa shape index (κ2) is 7.46. The minimum atomic E-state index is 0.655. The molecule has 3 heteroatoms. The number of rotatable bonds is 8. The van der Waals surface area contributed by atoms with Gasteiger partial charge in [0.15, 0.2) is 0 Å². The summed E-state index contributed by atoms with van der Waals surface area (Å²) in [5.41, 5.74) is 0. The van der Waals surface area contributed by atoms with Crippen molar-refractivity contribution in [1.82, 2.24) is 10.2 Å². The van der Waals surface area contributed by atoms with Gasteiger partial charge in [0, 0.05) is 19.2 Å². The van der Waals surface area contributed by atoms with Crippen molar-refractivity contribution in [3.8, 4) is 0 Å². The van der Waals surface area contributed by atoms with E-state index in [2.05, 4.69) is 24.1 Å². The molecule has 106 valence electrons. The molecule has 1 aliphatic heterocycles. The Hall–Kier alpha value is -0.120. The molecule has 0 spiro atoms. The van der Waals surface area contributed by atoms with Crippen molar-refractivity contribution in [3.05, 3.63) is 0 Å². The molecule has 1 saturated carbocycles. The van der Waals surface area contributed by atoms with E-state index in [4.69, 9.17) is 4.74 Å². The highest BCUT2D eigenvalue weighted by molar-refractivity contribution is 4.81. The molecular weight excluding hydrogens is 224 g/mol. The lowest BCUT2D eigenvalue weighted by atomic mass is 10.0. The van der Waals surface area contributed by atoms with Crippen molar-refractivity contribution in [2.24, 2.45) is 11.8 Å². The standard InChI is InChI=1S/C15H30N2O/c1-13(2)12-18-10-9-17-7-5-15(6-8-17)16-11-14-3-4-14/h13-16H,3-12H2,1-2H3. The average molecular weight is 254 g/mol. The fraction of sp³-hybridized carbons (Fsp3) is 1.00. The van der Waals surface area contributed by atoms with Gasteiger partial charge in [-0.25, -0.2) is 0 Å². The Bertz CT molecular complexity index is 221. The number of likely N-dealkylation sites (tertiary alicyclic amines) is 1. The normalized spacial score (nSPS) is 22.8. The molecule has 18 heavy (non-hydrogen) atoms. The molecule has 0 unspecified atom stereocenters. The number of ether oxygens (including phenoxy) is 1. The Morgan fingerprint density at radius 1 is 1.17 bits per heavy atom. The summed E-state index contributed by atoms with van der Waals surface area (Å²) in [6.07, 6.45) is 5.55. The van der Waals surface area contributed by atoms with Crippen LogP contribution in [0.2, 0.25) is 0 Å². The number of piperidine rings is 1. The molecule has 1 N–H and O–H groups in total. The zero-order valence-electron chi connectivity index (χ0n) is 12.2. The molecular formula is C15H30N2O. The van der Waals surface area contributed by atoms with E-state index in [1.165, 1.54) is 45.3 Å². The number of hydrogen-bond donors (Lipinski definition) is 1. The second-order valence-electron chi connectivity index (χ2n) is 6.44. The van der Waals surface area contributed by atoms with Crippen LogP contribution >= 0.6 is 0 Å². The van der Waals surface area contributed by atoms with Crippen LogP contribution in [0.3, 0.4) is 0 Å². The molecule has 1 heterocycles. The highest BCUT2D eigenvalue weighted by atomic mass is 16.5. The summed E-state index contributed by atoms with van der Waals surface area (Å²) in [5.74, 6) is 1.66. The van der Waals surface area contributed by atoms with Crippen LogP contribution in [0.1, 0.15) is 39.5 Å². The van der Waals surface area contributed by atoms with Crippen molar-refractivity contribution in [3.63, 3.8) is 0 Å². The summed E-state index contributed by atoms with van der Waals surface area (Å²) in [6, 6.07) is 0.776. The Morgan fingerprint density at radius 3 is 2.50 bits per heavy atom. The quantitative estimate of drug-likeness (QED) is 0.672. The molecule has 3 nitrogen and oxygen atoms in total. The maximum Gasteiger partial charge on any atom is 0.0593 e. The van der Waals surface area contributed by atoms with Gasteiger partial charge in [0.2, 0.25) is 0 Å². The first-order valence-electron chi connectivity index (χ1n) is 7.77. The molecule has 0 aromatic carbocycles. The van der Waals surface area contributed by atoms with Crippen LogP contribution < -0.4 is 5.32 Å². The van der Waals surface area contributed by atoms with Gasteiger partial charge in [-0.15, -0.1) is 0 Å². The molecule has 0 aromatic rings. The van der Waals surface area contributed by atoms with E-state index in [9.17, 15) is 0 Å². The lowest BCUT2D eigenvalue weighted by molar-refractivity contribution is 0.0765. The van der Waals surface area contributed by atoms with Gasteiger partial charge in [-0.2, -0.15) is 0 Å². The van der Waals surface area contributed by atoms with Crippen LogP contribution in [0.15, 0.2) is 0 Å². The van der Waals surface area contributed by atoms with E-state index in [1.54, 1.807) is 0 Å². The van der Waals surface area contributed by atoms with Gasteiger partial charge in [0.1, 0.15) is 0 Å². The zero-order valence-corrected chi connectivity index (χ0v) is 12.2. The van der Waals surface area contributed by atoms with Crippen LogP contribution in [0, 0.1) is 11.8 Å². The third kappa shape index (κ3) is 5.68. The van der Waals surface area contributed by atoms with Crippen molar-refractivity contribution in [2.45, 2.75) is 45.6 Å². The third-order valence-corrected chi connectivity index (χ3v) is 3.98. The van der Waals surface area contributed by atoms with Crippen LogP contribution in [0.25, 0.3) is 0 Å². The summed E-state index contributed by atoms with van der Waals surface area (Å²) in [4.78, 5) is 2.55. The second-order valence-corrected chi connectivity index (χ2v) is 6.44. The SMILES string of the molecule is CC(C)COCCN1CCC(NCC2CC2)CC1. The minimum absolute atomic E-state index is 0.655. The van der Waals surface area contributed by atoms with Gasteiger partial charge < -0.3 is 15.0 Å². The molecule has 0 aromatic heterocycles. The van der Waals surface area contributed by atoms with E-state index >= 15 is 0 Å². The van der Waals surface area contributed by atoms with Gasteiger partial charge in [0.25, 0.3) is 0 Å². The zero-order chi connectivity index (χ0) is 12.8. The van der Waals surface area contributed by atoms with E-state index in [-0.39, 0.29) is 0 Å². The number of nitrogens with zero attached hydrogens (tertiary/aromatic N) is 1. The summed E-state index contributed by atoms with van der Waals surface area (Å²) in [7, 11) is 0. The van der Waals surface area contributed by atoms with Crippen LogP contribution in [-0.2, 0) is 4.74 Å². The summed E-state index contributed by atoms with van der Waals surface area (Å²) in [6.45, 7) is 11.1. The highest BCUT2D eigenvalue weighted by Crippen LogP contribution is 2.28. The minimum Gasteiger partial charge on any atom is -0.380 e.